The van der Waals surface area contributed by atoms with Gasteiger partial charge >= 0.3 is 5.97 Å². The van der Waals surface area contributed by atoms with Gasteiger partial charge in [-0.2, -0.15) is 0 Å². The average Bonchev–Trinajstić information content (AvgIpc) is 3.27. The number of ether oxygens (including phenoxy) is 1. The van der Waals surface area contributed by atoms with Crippen LogP contribution in [0, 0.1) is 6.92 Å². The van der Waals surface area contributed by atoms with E-state index in [2.05, 4.69) is 60.1 Å². The van der Waals surface area contributed by atoms with E-state index in [0.717, 1.165) is 80.1 Å². The van der Waals surface area contributed by atoms with Gasteiger partial charge in [0, 0.05) is 43.3 Å². The van der Waals surface area contributed by atoms with Crippen molar-refractivity contribution in [2.24, 2.45) is 0 Å². The van der Waals surface area contributed by atoms with Gasteiger partial charge in [0.2, 0.25) is 0 Å². The van der Waals surface area contributed by atoms with Crippen molar-refractivity contribution < 1.29 is 14.6 Å². The Hall–Kier alpha value is -3.41. The summed E-state index contributed by atoms with van der Waals surface area (Å²) < 4.78 is 6.36. The second kappa shape index (κ2) is 10.7. The Labute approximate surface area is 213 Å². The average molecular weight is 486 g/mol. The highest BCUT2D eigenvalue weighted by molar-refractivity contribution is 5.68. The highest BCUT2D eigenvalue weighted by Gasteiger charge is 2.27. The number of nitrogens with zero attached hydrogens (tertiary/aromatic N) is 3. The Morgan fingerprint density at radius 3 is 2.61 bits per heavy atom. The van der Waals surface area contributed by atoms with Crippen molar-refractivity contribution in [3.8, 4) is 17.1 Å². The molecule has 0 amide bonds. The Bertz CT molecular complexity index is 1220. The fraction of sp³-hybridized carbons (Fsp3) is 0.433. The molecule has 2 aromatic carbocycles. The highest BCUT2D eigenvalue weighted by Crippen LogP contribution is 2.38. The molecule has 0 bridgehead atoms. The molecule has 2 heterocycles. The lowest BCUT2D eigenvalue weighted by molar-refractivity contribution is -0.137. The van der Waals surface area contributed by atoms with Crippen LogP contribution < -0.4 is 9.64 Å². The number of aryl methyl sites for hydroxylation is 3. The van der Waals surface area contributed by atoms with Crippen LogP contribution in [0.5, 0.6) is 5.75 Å². The van der Waals surface area contributed by atoms with Gasteiger partial charge in [0.15, 0.2) is 5.82 Å². The van der Waals surface area contributed by atoms with Crippen molar-refractivity contribution in [1.82, 2.24) is 9.97 Å². The van der Waals surface area contributed by atoms with E-state index >= 15 is 0 Å². The summed E-state index contributed by atoms with van der Waals surface area (Å²) in [4.78, 5) is 23.0. The monoisotopic (exact) mass is 485 g/mol. The normalized spacial score (nSPS) is 17.7. The molecule has 1 aliphatic carbocycles. The lowest BCUT2D eigenvalue weighted by Gasteiger charge is -2.33. The largest absolute Gasteiger partial charge is 0.490 e. The predicted molar refractivity (Wildman–Crippen MR) is 142 cm³/mol. The number of carbonyl (C=O) groups is 1. The summed E-state index contributed by atoms with van der Waals surface area (Å²) in [6, 6.07) is 14.8. The van der Waals surface area contributed by atoms with Crippen molar-refractivity contribution in [2.45, 2.75) is 70.8 Å². The molecule has 0 saturated carbocycles. The molecular formula is C30H35N3O3. The van der Waals surface area contributed by atoms with Crippen molar-refractivity contribution in [1.29, 1.82) is 0 Å². The van der Waals surface area contributed by atoms with Crippen LogP contribution in [0.4, 0.5) is 5.82 Å². The number of carboxylic acids is 1. The summed E-state index contributed by atoms with van der Waals surface area (Å²) in [6.45, 7) is 6.06. The minimum absolute atomic E-state index is 0.130. The van der Waals surface area contributed by atoms with Crippen LogP contribution in [0.2, 0.25) is 0 Å². The number of fused-ring (bicyclic) bond motifs is 1. The molecule has 0 radical (unpaired) electrons. The lowest BCUT2D eigenvalue weighted by atomic mass is 9.98. The Morgan fingerprint density at radius 2 is 1.89 bits per heavy atom. The van der Waals surface area contributed by atoms with E-state index < -0.39 is 5.97 Å². The zero-order valence-corrected chi connectivity index (χ0v) is 21.2. The first kappa shape index (κ1) is 24.3. The quantitative estimate of drug-likeness (QED) is 0.424. The molecule has 3 aromatic rings. The molecule has 1 N–H and O–H groups in total. The first-order valence-corrected chi connectivity index (χ1v) is 13.2. The van der Waals surface area contributed by atoms with Crippen LogP contribution in [-0.4, -0.2) is 40.2 Å². The molecular weight excluding hydrogens is 450 g/mol. The summed E-state index contributed by atoms with van der Waals surface area (Å²) in [6.07, 6.45) is 8.25. The fourth-order valence-electron chi connectivity index (χ4n) is 5.56. The molecule has 2 aliphatic rings. The SMILES string of the molecule is CCCc1ccc(-c2ncc(C)c(N3CCC(Oc4ccc5c(c4)CC[C@H]5CC(=O)O)CC3)n2)cc1. The van der Waals surface area contributed by atoms with Gasteiger partial charge in [-0.1, -0.05) is 43.7 Å². The summed E-state index contributed by atoms with van der Waals surface area (Å²) in [5.41, 5.74) is 5.91. The Morgan fingerprint density at radius 1 is 1.11 bits per heavy atom. The summed E-state index contributed by atoms with van der Waals surface area (Å²) in [5, 5.41) is 9.16. The number of hydrogen-bond donors (Lipinski definition) is 1. The van der Waals surface area contributed by atoms with E-state index in [9.17, 15) is 4.79 Å². The molecule has 0 unspecified atom stereocenters. The second-order valence-electron chi connectivity index (χ2n) is 10.1. The van der Waals surface area contributed by atoms with Gasteiger partial charge in [-0.25, -0.2) is 9.97 Å². The number of aromatic nitrogens is 2. The van der Waals surface area contributed by atoms with Crippen LogP contribution in [-0.2, 0) is 17.6 Å². The predicted octanol–water partition coefficient (Wildman–Crippen LogP) is 5.96. The van der Waals surface area contributed by atoms with E-state index in [1.807, 2.05) is 12.3 Å². The Balaban J connectivity index is 1.21. The van der Waals surface area contributed by atoms with Crippen LogP contribution in [0.1, 0.15) is 67.2 Å². The lowest BCUT2D eigenvalue weighted by Crippen LogP contribution is -2.39. The van der Waals surface area contributed by atoms with E-state index in [-0.39, 0.29) is 18.4 Å². The second-order valence-corrected chi connectivity index (χ2v) is 10.1. The minimum Gasteiger partial charge on any atom is -0.490 e. The van der Waals surface area contributed by atoms with Crippen molar-refractivity contribution in [3.63, 3.8) is 0 Å². The maximum absolute atomic E-state index is 11.1. The van der Waals surface area contributed by atoms with Gasteiger partial charge in [0.05, 0.1) is 6.42 Å². The number of hydrogen-bond acceptors (Lipinski definition) is 5. The molecule has 1 fully saturated rings. The smallest absolute Gasteiger partial charge is 0.303 e. The van der Waals surface area contributed by atoms with E-state index in [0.29, 0.717) is 0 Å². The van der Waals surface area contributed by atoms with Crippen molar-refractivity contribution in [2.75, 3.05) is 18.0 Å². The van der Waals surface area contributed by atoms with Crippen molar-refractivity contribution >= 4 is 11.8 Å². The number of anilines is 1. The third kappa shape index (κ3) is 5.38. The third-order valence-electron chi connectivity index (χ3n) is 7.48. The maximum atomic E-state index is 11.1. The fourth-order valence-corrected chi connectivity index (χ4v) is 5.56. The summed E-state index contributed by atoms with van der Waals surface area (Å²) in [7, 11) is 0. The standard InChI is InChI=1S/C30H35N3O3/c1-3-4-21-5-7-22(8-6-21)29-31-19-20(2)30(32-29)33-15-13-25(14-16-33)36-26-11-12-27-23(17-26)9-10-24(27)18-28(34)35/h5-8,11-12,17,19,24-25H,3-4,9-10,13-16,18H2,1-2H3,(H,34,35)/t24-/m0/s1. The molecule has 1 saturated heterocycles. The zero-order chi connectivity index (χ0) is 25.1. The minimum atomic E-state index is -0.726. The zero-order valence-electron chi connectivity index (χ0n) is 21.2. The number of piperidine rings is 1. The van der Waals surface area contributed by atoms with Gasteiger partial charge in [0.1, 0.15) is 17.7 Å². The van der Waals surface area contributed by atoms with E-state index in [1.165, 1.54) is 16.7 Å². The number of rotatable bonds is 8. The van der Waals surface area contributed by atoms with Crippen molar-refractivity contribution in [3.05, 3.63) is 70.9 Å². The molecule has 6 nitrogen and oxygen atoms in total. The van der Waals surface area contributed by atoms with Gasteiger partial charge < -0.3 is 14.7 Å². The first-order chi connectivity index (χ1) is 17.5. The van der Waals surface area contributed by atoms with Gasteiger partial charge in [-0.05, 0) is 60.9 Å². The van der Waals surface area contributed by atoms with Gasteiger partial charge in [0.25, 0.3) is 0 Å². The number of aliphatic carboxylic acids is 1. The Kier molecular flexibility index (Phi) is 7.21. The maximum Gasteiger partial charge on any atom is 0.303 e. The molecule has 1 atom stereocenters. The molecule has 6 heteroatoms. The first-order valence-electron chi connectivity index (χ1n) is 13.2. The molecule has 5 rings (SSSR count). The highest BCUT2D eigenvalue weighted by atomic mass is 16.5. The van der Waals surface area contributed by atoms with Gasteiger partial charge in [-0.3, -0.25) is 4.79 Å². The van der Waals surface area contributed by atoms with Crippen LogP contribution >= 0.6 is 0 Å². The number of carboxylic acid groups (broad SMARTS) is 1. The molecule has 1 aromatic heterocycles. The molecule has 188 valence electrons. The van der Waals surface area contributed by atoms with E-state index in [1.54, 1.807) is 0 Å². The van der Waals surface area contributed by atoms with Gasteiger partial charge in [-0.15, -0.1) is 0 Å². The third-order valence-corrected chi connectivity index (χ3v) is 7.48. The summed E-state index contributed by atoms with van der Waals surface area (Å²) >= 11 is 0. The molecule has 0 spiro atoms. The van der Waals surface area contributed by atoms with Crippen LogP contribution in [0.3, 0.4) is 0 Å². The van der Waals surface area contributed by atoms with Crippen LogP contribution in [0.25, 0.3) is 11.4 Å². The van der Waals surface area contributed by atoms with E-state index in [4.69, 9.17) is 14.8 Å². The molecule has 1 aliphatic heterocycles. The number of benzene rings is 2. The molecule has 36 heavy (non-hydrogen) atoms. The topological polar surface area (TPSA) is 75.6 Å². The summed E-state index contributed by atoms with van der Waals surface area (Å²) in [5.74, 6) is 2.09. The van der Waals surface area contributed by atoms with Crippen LogP contribution in [0.15, 0.2) is 48.7 Å².